The smallest absolute Gasteiger partial charge is 0.267 e. The van der Waals surface area contributed by atoms with Crippen molar-refractivity contribution < 1.29 is 17.7 Å². The summed E-state index contributed by atoms with van der Waals surface area (Å²) < 4.78 is 37.6. The number of nitrogens with zero attached hydrogens (tertiary/aromatic N) is 3. The van der Waals surface area contributed by atoms with Crippen molar-refractivity contribution in [1.29, 1.82) is 0 Å². The van der Waals surface area contributed by atoms with Crippen molar-refractivity contribution in [3.8, 4) is 0 Å². The zero-order chi connectivity index (χ0) is 12.3. The molecule has 0 unspecified atom stereocenters. The molecule has 0 saturated carbocycles. The second kappa shape index (κ2) is 4.53. The Morgan fingerprint density at radius 1 is 1.69 bits per heavy atom. The predicted molar refractivity (Wildman–Crippen MR) is 51.0 cm³/mol. The van der Waals surface area contributed by atoms with Gasteiger partial charge in [0.1, 0.15) is 12.9 Å². The van der Waals surface area contributed by atoms with Gasteiger partial charge >= 0.3 is 5.69 Å². The number of alkyl halides is 1. The maximum absolute atomic E-state index is 11.8. The Kier molecular flexibility index (Phi) is 3.55. The van der Waals surface area contributed by atoms with Gasteiger partial charge in [0.15, 0.2) is 0 Å². The zero-order valence-electron chi connectivity index (χ0n) is 8.25. The van der Waals surface area contributed by atoms with E-state index in [4.69, 9.17) is 0 Å². The van der Waals surface area contributed by atoms with E-state index < -0.39 is 38.9 Å². The average molecular weight is 252 g/mol. The summed E-state index contributed by atoms with van der Waals surface area (Å²) in [5.74, 6) is 0. The third kappa shape index (κ3) is 2.52. The van der Waals surface area contributed by atoms with Crippen LogP contribution in [0.25, 0.3) is 0 Å². The van der Waals surface area contributed by atoms with Gasteiger partial charge in [-0.15, -0.1) is 0 Å². The van der Waals surface area contributed by atoms with Gasteiger partial charge in [0.2, 0.25) is 0 Å². The SMILES string of the molecule is Cn1cc([N+](=O)[O-])c(S(=O)(=O)NCCF)n1. The lowest BCUT2D eigenvalue weighted by atomic mass is 10.6. The number of nitrogens with one attached hydrogen (secondary N) is 1. The predicted octanol–water partition coefficient (Wildman–Crippen LogP) is -0.424. The molecule has 0 radical (unpaired) electrons. The molecule has 10 heteroatoms. The number of rotatable bonds is 5. The Morgan fingerprint density at radius 3 is 2.81 bits per heavy atom. The van der Waals surface area contributed by atoms with E-state index in [-0.39, 0.29) is 0 Å². The number of aromatic nitrogens is 2. The molecular formula is C6H9FN4O4S. The summed E-state index contributed by atoms with van der Waals surface area (Å²) in [7, 11) is -2.79. The van der Waals surface area contributed by atoms with Gasteiger partial charge in [0, 0.05) is 13.6 Å². The highest BCUT2D eigenvalue weighted by molar-refractivity contribution is 7.89. The molecule has 0 aliphatic carbocycles. The molecule has 0 aromatic carbocycles. The normalized spacial score (nSPS) is 11.6. The van der Waals surface area contributed by atoms with Crippen LogP contribution in [0.3, 0.4) is 0 Å². The average Bonchev–Trinajstić information content (AvgIpc) is 2.58. The molecule has 90 valence electrons. The zero-order valence-corrected chi connectivity index (χ0v) is 9.07. The molecule has 8 nitrogen and oxygen atoms in total. The number of halogens is 1. The highest BCUT2D eigenvalue weighted by Crippen LogP contribution is 2.20. The molecule has 0 bridgehead atoms. The fourth-order valence-electron chi connectivity index (χ4n) is 1.01. The van der Waals surface area contributed by atoms with Crippen molar-refractivity contribution in [2.24, 2.45) is 7.05 Å². The first-order valence-electron chi connectivity index (χ1n) is 4.12. The molecule has 0 amide bonds. The van der Waals surface area contributed by atoms with Crippen LogP contribution in [0.4, 0.5) is 10.1 Å². The van der Waals surface area contributed by atoms with Crippen molar-refractivity contribution in [3.05, 3.63) is 16.3 Å². The molecule has 0 aliphatic rings. The first kappa shape index (κ1) is 12.5. The molecular weight excluding hydrogens is 243 g/mol. The number of hydrogen-bond donors (Lipinski definition) is 1. The third-order valence-corrected chi connectivity index (χ3v) is 3.00. The van der Waals surface area contributed by atoms with Crippen LogP contribution in [0.15, 0.2) is 11.2 Å². The van der Waals surface area contributed by atoms with E-state index in [0.717, 1.165) is 10.9 Å². The van der Waals surface area contributed by atoms with Crippen LogP contribution in [0.2, 0.25) is 0 Å². The van der Waals surface area contributed by atoms with Gasteiger partial charge in [-0.3, -0.25) is 14.8 Å². The summed E-state index contributed by atoms with van der Waals surface area (Å²) in [6, 6.07) is 0. The standard InChI is InChI=1S/C6H9FN4O4S/c1-10-4-5(11(12)13)6(9-10)16(14,15)8-3-2-7/h4,8H,2-3H2,1H3. The molecule has 1 N–H and O–H groups in total. The van der Waals surface area contributed by atoms with Gasteiger partial charge < -0.3 is 0 Å². The molecule has 1 rings (SSSR count). The lowest BCUT2D eigenvalue weighted by Crippen LogP contribution is -2.26. The fraction of sp³-hybridized carbons (Fsp3) is 0.500. The van der Waals surface area contributed by atoms with Gasteiger partial charge in [0.25, 0.3) is 15.0 Å². The summed E-state index contributed by atoms with van der Waals surface area (Å²) in [6.45, 7) is -1.35. The molecule has 0 aliphatic heterocycles. The number of hydrogen-bond acceptors (Lipinski definition) is 5. The second-order valence-electron chi connectivity index (χ2n) is 2.84. The molecule has 16 heavy (non-hydrogen) atoms. The van der Waals surface area contributed by atoms with Crippen molar-refractivity contribution in [3.63, 3.8) is 0 Å². The van der Waals surface area contributed by atoms with Crippen LogP contribution in [0.1, 0.15) is 0 Å². The van der Waals surface area contributed by atoms with Gasteiger partial charge in [-0.1, -0.05) is 0 Å². The van der Waals surface area contributed by atoms with E-state index in [1.54, 1.807) is 0 Å². The van der Waals surface area contributed by atoms with Crippen molar-refractivity contribution >= 4 is 15.7 Å². The van der Waals surface area contributed by atoms with Crippen molar-refractivity contribution in [2.45, 2.75) is 5.03 Å². The fourth-order valence-corrected chi connectivity index (χ4v) is 2.13. The van der Waals surface area contributed by atoms with Gasteiger partial charge in [-0.25, -0.2) is 17.5 Å². The van der Waals surface area contributed by atoms with E-state index in [0.29, 0.717) is 0 Å². The molecule has 0 spiro atoms. The number of sulfonamides is 1. The van der Waals surface area contributed by atoms with Crippen LogP contribution in [0, 0.1) is 10.1 Å². The summed E-state index contributed by atoms with van der Waals surface area (Å²) in [4.78, 5) is 9.68. The molecule has 1 heterocycles. The minimum Gasteiger partial charge on any atom is -0.267 e. The Morgan fingerprint density at radius 2 is 2.31 bits per heavy atom. The number of nitro groups is 1. The van der Waals surface area contributed by atoms with E-state index in [2.05, 4.69) is 5.10 Å². The minimum absolute atomic E-state index is 0.448. The summed E-state index contributed by atoms with van der Waals surface area (Å²) in [5.41, 5.74) is -0.645. The first-order chi connectivity index (χ1) is 7.38. The second-order valence-corrected chi connectivity index (χ2v) is 4.52. The Bertz CT molecular complexity index is 497. The highest BCUT2D eigenvalue weighted by Gasteiger charge is 2.29. The first-order valence-corrected chi connectivity index (χ1v) is 5.60. The highest BCUT2D eigenvalue weighted by atomic mass is 32.2. The summed E-state index contributed by atoms with van der Waals surface area (Å²) in [5, 5.41) is 13.3. The Balaban J connectivity index is 3.17. The van der Waals surface area contributed by atoms with E-state index in [1.807, 2.05) is 4.72 Å². The van der Waals surface area contributed by atoms with Crippen molar-refractivity contribution in [1.82, 2.24) is 14.5 Å². The summed E-state index contributed by atoms with van der Waals surface area (Å²) in [6.07, 6.45) is 0.962. The lowest BCUT2D eigenvalue weighted by Gasteiger charge is -2.00. The quantitative estimate of drug-likeness (QED) is 0.565. The van der Waals surface area contributed by atoms with Crippen LogP contribution >= 0.6 is 0 Å². The Hall–Kier alpha value is -1.55. The molecule has 0 saturated heterocycles. The topological polar surface area (TPSA) is 107 Å². The van der Waals surface area contributed by atoms with Crippen LogP contribution in [-0.2, 0) is 17.1 Å². The molecule has 0 fully saturated rings. The molecule has 1 aromatic rings. The van der Waals surface area contributed by atoms with Crippen LogP contribution in [-0.4, -0.2) is 36.3 Å². The lowest BCUT2D eigenvalue weighted by molar-refractivity contribution is -0.387. The van der Waals surface area contributed by atoms with E-state index >= 15 is 0 Å². The van der Waals surface area contributed by atoms with Gasteiger partial charge in [-0.05, 0) is 0 Å². The Labute approximate surface area is 90.3 Å². The maximum atomic E-state index is 11.8. The van der Waals surface area contributed by atoms with Gasteiger partial charge in [-0.2, -0.15) is 5.10 Å². The molecule has 1 aromatic heterocycles. The van der Waals surface area contributed by atoms with Crippen LogP contribution < -0.4 is 4.72 Å². The monoisotopic (exact) mass is 252 g/mol. The van der Waals surface area contributed by atoms with Crippen molar-refractivity contribution in [2.75, 3.05) is 13.2 Å². The van der Waals surface area contributed by atoms with Crippen LogP contribution in [0.5, 0.6) is 0 Å². The third-order valence-electron chi connectivity index (χ3n) is 1.61. The number of aryl methyl sites for hydroxylation is 1. The van der Waals surface area contributed by atoms with E-state index in [1.165, 1.54) is 7.05 Å². The van der Waals surface area contributed by atoms with E-state index in [9.17, 15) is 22.9 Å². The summed E-state index contributed by atoms with van der Waals surface area (Å²) >= 11 is 0. The largest absolute Gasteiger partial charge is 0.327 e. The van der Waals surface area contributed by atoms with Gasteiger partial charge in [0.05, 0.1) is 4.92 Å². The molecule has 0 atom stereocenters. The minimum atomic E-state index is -4.14. The maximum Gasteiger partial charge on any atom is 0.327 e.